The molecule has 0 saturated carbocycles. The van der Waals surface area contributed by atoms with Gasteiger partial charge in [0.25, 0.3) is 0 Å². The molecule has 4 rings (SSSR count). The molecule has 1 unspecified atom stereocenters. The lowest BCUT2D eigenvalue weighted by atomic mass is 9.85. The zero-order valence-electron chi connectivity index (χ0n) is 13.1. The Bertz CT molecular complexity index is 527. The number of hydrogen-bond donors (Lipinski definition) is 2. The van der Waals surface area contributed by atoms with Gasteiger partial charge in [-0.25, -0.2) is 0 Å². The molecule has 1 saturated heterocycles. The van der Waals surface area contributed by atoms with Gasteiger partial charge in [0.15, 0.2) is 11.5 Å². The first kappa shape index (κ1) is 14.2. The van der Waals surface area contributed by atoms with E-state index in [2.05, 4.69) is 5.32 Å². The van der Waals surface area contributed by atoms with Crippen LogP contribution in [0.3, 0.4) is 0 Å². The van der Waals surface area contributed by atoms with E-state index in [1.165, 1.54) is 24.0 Å². The molecule has 3 aliphatic rings. The number of benzene rings is 1. The molecule has 0 amide bonds. The summed E-state index contributed by atoms with van der Waals surface area (Å²) in [6.07, 6.45) is 7.47. The lowest BCUT2D eigenvalue weighted by molar-refractivity contribution is 0.251. The number of phenols is 1. The van der Waals surface area contributed by atoms with Crippen LogP contribution in [0.1, 0.15) is 42.4 Å². The predicted octanol–water partition coefficient (Wildman–Crippen LogP) is 2.58. The summed E-state index contributed by atoms with van der Waals surface area (Å²) in [6, 6.07) is 0. The molecule has 2 N–H and O–H groups in total. The standard InChI is InChI=1S/C18H25NO3/c20-16-14-6-3-8-21-17(14)15(10-12-4-1-7-19-11-12)13-5-2-9-22-18(13)16/h12,19-20H,1-11H2. The quantitative estimate of drug-likeness (QED) is 0.882. The van der Waals surface area contributed by atoms with Gasteiger partial charge in [0, 0.05) is 16.7 Å². The van der Waals surface area contributed by atoms with Crippen LogP contribution in [-0.4, -0.2) is 31.4 Å². The molecule has 1 atom stereocenters. The molecule has 3 heterocycles. The van der Waals surface area contributed by atoms with E-state index in [-0.39, 0.29) is 0 Å². The fraction of sp³-hybridized carbons (Fsp3) is 0.667. The topological polar surface area (TPSA) is 50.7 Å². The van der Waals surface area contributed by atoms with Gasteiger partial charge in [0.05, 0.1) is 13.2 Å². The Labute approximate surface area is 131 Å². The third-order valence-corrected chi connectivity index (χ3v) is 5.21. The number of hydrogen-bond acceptors (Lipinski definition) is 4. The number of ether oxygens (including phenoxy) is 2. The summed E-state index contributed by atoms with van der Waals surface area (Å²) in [4.78, 5) is 0. The van der Waals surface area contributed by atoms with E-state index < -0.39 is 0 Å². The third-order valence-electron chi connectivity index (χ3n) is 5.21. The summed E-state index contributed by atoms with van der Waals surface area (Å²) in [5, 5.41) is 14.1. The number of aromatic hydroxyl groups is 1. The number of rotatable bonds is 2. The number of piperidine rings is 1. The maximum atomic E-state index is 10.6. The normalized spacial score (nSPS) is 23.9. The average molecular weight is 303 g/mol. The molecule has 1 fully saturated rings. The SMILES string of the molecule is Oc1c2c(c(CC3CCCNC3)c3c1OCCC3)OCCC2. The lowest BCUT2D eigenvalue weighted by Gasteiger charge is -2.31. The van der Waals surface area contributed by atoms with Crippen LogP contribution in [0.4, 0.5) is 0 Å². The Morgan fingerprint density at radius 3 is 2.55 bits per heavy atom. The van der Waals surface area contributed by atoms with E-state index in [4.69, 9.17) is 9.47 Å². The van der Waals surface area contributed by atoms with E-state index in [0.29, 0.717) is 18.3 Å². The average Bonchev–Trinajstić information content (AvgIpc) is 2.59. The van der Waals surface area contributed by atoms with Gasteiger partial charge in [-0.3, -0.25) is 0 Å². The van der Waals surface area contributed by atoms with Crippen LogP contribution in [0.2, 0.25) is 0 Å². The summed E-state index contributed by atoms with van der Waals surface area (Å²) in [5.41, 5.74) is 3.50. The van der Waals surface area contributed by atoms with Crippen molar-refractivity contribution in [1.29, 1.82) is 0 Å². The van der Waals surface area contributed by atoms with E-state index >= 15 is 0 Å². The number of nitrogens with one attached hydrogen (secondary N) is 1. The van der Waals surface area contributed by atoms with Crippen LogP contribution >= 0.6 is 0 Å². The smallest absolute Gasteiger partial charge is 0.164 e. The summed E-state index contributed by atoms with van der Waals surface area (Å²) >= 11 is 0. The maximum absolute atomic E-state index is 10.6. The van der Waals surface area contributed by atoms with Crippen LogP contribution in [0.25, 0.3) is 0 Å². The van der Waals surface area contributed by atoms with Crippen molar-refractivity contribution in [3.05, 3.63) is 16.7 Å². The molecule has 0 aliphatic carbocycles. The van der Waals surface area contributed by atoms with Gasteiger partial charge in [0.1, 0.15) is 5.75 Å². The predicted molar refractivity (Wildman–Crippen MR) is 85.0 cm³/mol. The monoisotopic (exact) mass is 303 g/mol. The fourth-order valence-corrected chi connectivity index (χ4v) is 4.12. The first-order valence-corrected chi connectivity index (χ1v) is 8.70. The van der Waals surface area contributed by atoms with Gasteiger partial charge < -0.3 is 19.9 Å². The van der Waals surface area contributed by atoms with Crippen molar-refractivity contribution in [1.82, 2.24) is 5.32 Å². The van der Waals surface area contributed by atoms with Gasteiger partial charge in [-0.1, -0.05) is 0 Å². The van der Waals surface area contributed by atoms with E-state index in [0.717, 1.165) is 68.9 Å². The highest BCUT2D eigenvalue weighted by Gasteiger charge is 2.30. The molecule has 0 spiro atoms. The second-order valence-corrected chi connectivity index (χ2v) is 6.76. The molecule has 1 aromatic carbocycles. The van der Waals surface area contributed by atoms with Gasteiger partial charge in [-0.05, 0) is 64.0 Å². The van der Waals surface area contributed by atoms with E-state index in [9.17, 15) is 5.11 Å². The molecule has 0 radical (unpaired) electrons. The van der Waals surface area contributed by atoms with Crippen molar-refractivity contribution in [3.63, 3.8) is 0 Å². The van der Waals surface area contributed by atoms with Crippen molar-refractivity contribution < 1.29 is 14.6 Å². The molecular weight excluding hydrogens is 278 g/mol. The lowest BCUT2D eigenvalue weighted by Crippen LogP contribution is -2.31. The molecule has 22 heavy (non-hydrogen) atoms. The Balaban J connectivity index is 1.77. The Hall–Kier alpha value is -1.42. The summed E-state index contributed by atoms with van der Waals surface area (Å²) in [7, 11) is 0. The number of fused-ring (bicyclic) bond motifs is 2. The molecule has 4 heteroatoms. The molecule has 3 aliphatic heterocycles. The highest BCUT2D eigenvalue weighted by molar-refractivity contribution is 5.63. The molecule has 120 valence electrons. The van der Waals surface area contributed by atoms with Gasteiger partial charge in [-0.15, -0.1) is 0 Å². The second-order valence-electron chi connectivity index (χ2n) is 6.76. The van der Waals surface area contributed by atoms with Crippen LogP contribution in [0.5, 0.6) is 17.2 Å². The Kier molecular flexibility index (Phi) is 3.87. The third kappa shape index (κ3) is 2.43. The van der Waals surface area contributed by atoms with Gasteiger partial charge in [-0.2, -0.15) is 0 Å². The Morgan fingerprint density at radius 2 is 1.77 bits per heavy atom. The van der Waals surface area contributed by atoms with Crippen molar-refractivity contribution in [2.75, 3.05) is 26.3 Å². The molecule has 0 aromatic heterocycles. The van der Waals surface area contributed by atoms with Crippen LogP contribution in [0.15, 0.2) is 0 Å². The number of phenolic OH excluding ortho intramolecular Hbond substituents is 1. The van der Waals surface area contributed by atoms with Crippen molar-refractivity contribution in [2.45, 2.75) is 44.9 Å². The van der Waals surface area contributed by atoms with Crippen LogP contribution < -0.4 is 14.8 Å². The van der Waals surface area contributed by atoms with Gasteiger partial charge >= 0.3 is 0 Å². The van der Waals surface area contributed by atoms with Crippen LogP contribution in [0, 0.1) is 5.92 Å². The fourth-order valence-electron chi connectivity index (χ4n) is 4.12. The minimum absolute atomic E-state index is 0.343. The van der Waals surface area contributed by atoms with Crippen molar-refractivity contribution in [2.24, 2.45) is 5.92 Å². The van der Waals surface area contributed by atoms with Gasteiger partial charge in [0.2, 0.25) is 0 Å². The molecular formula is C18H25NO3. The molecule has 1 aromatic rings. The van der Waals surface area contributed by atoms with Crippen molar-refractivity contribution >= 4 is 0 Å². The summed E-state index contributed by atoms with van der Waals surface area (Å²) < 4.78 is 11.8. The Morgan fingerprint density at radius 1 is 1.00 bits per heavy atom. The van der Waals surface area contributed by atoms with E-state index in [1.54, 1.807) is 0 Å². The van der Waals surface area contributed by atoms with E-state index in [1.807, 2.05) is 0 Å². The first-order chi connectivity index (χ1) is 10.8. The minimum atomic E-state index is 0.343. The highest BCUT2D eigenvalue weighted by Crippen LogP contribution is 2.48. The molecule has 0 bridgehead atoms. The summed E-state index contributed by atoms with van der Waals surface area (Å²) in [6.45, 7) is 3.71. The zero-order valence-corrected chi connectivity index (χ0v) is 13.1. The van der Waals surface area contributed by atoms with Crippen LogP contribution in [-0.2, 0) is 19.3 Å². The van der Waals surface area contributed by atoms with Crippen molar-refractivity contribution in [3.8, 4) is 17.2 Å². The highest BCUT2D eigenvalue weighted by atomic mass is 16.5. The first-order valence-electron chi connectivity index (χ1n) is 8.70. The molecule has 4 nitrogen and oxygen atoms in total. The zero-order chi connectivity index (χ0) is 14.9. The summed E-state index contributed by atoms with van der Waals surface area (Å²) in [5.74, 6) is 2.72. The maximum Gasteiger partial charge on any atom is 0.164 e. The minimum Gasteiger partial charge on any atom is -0.504 e. The largest absolute Gasteiger partial charge is 0.504 e. The second kappa shape index (κ2) is 5.99.